The first-order valence-electron chi connectivity index (χ1n) is 11.4. The average molecular weight is 584 g/mol. The minimum Gasteiger partial charge on any atom is -0.388 e. The molecule has 2 aromatic carbocycles. The Morgan fingerprint density at radius 2 is 1.76 bits per heavy atom. The highest BCUT2D eigenvalue weighted by atomic mass is 35.5. The first-order valence-corrected chi connectivity index (χ1v) is 15.6. The Kier molecular flexibility index (Phi) is 7.34. The molecule has 1 aliphatic rings. The second kappa shape index (κ2) is 10.3. The zero-order valence-corrected chi connectivity index (χ0v) is 22.1. The summed E-state index contributed by atoms with van der Waals surface area (Å²) >= 11 is 6.21. The molecule has 5 rings (SSSR count). The SMILES string of the molecule is O=P(O)(O)CP(=O)(O)CCC1OC(n2cnc3c(Nc4cccc5ccccc45)nc(Cl)nc32)C(O)C1O. The minimum absolute atomic E-state index is 0.106. The minimum atomic E-state index is -4.71. The summed E-state index contributed by atoms with van der Waals surface area (Å²) in [6.45, 7) is 0. The number of nitrogens with zero attached hydrogens (tertiary/aromatic N) is 4. The molecule has 0 amide bonds. The van der Waals surface area contributed by atoms with Gasteiger partial charge in [-0.05, 0) is 29.5 Å². The molecule has 1 aliphatic heterocycles. The fourth-order valence-electron chi connectivity index (χ4n) is 4.51. The van der Waals surface area contributed by atoms with E-state index in [1.807, 2.05) is 42.5 Å². The number of aliphatic hydroxyl groups is 2. The van der Waals surface area contributed by atoms with Crippen molar-refractivity contribution < 1.29 is 38.8 Å². The molecule has 2 aromatic heterocycles. The van der Waals surface area contributed by atoms with Crippen molar-refractivity contribution in [3.8, 4) is 0 Å². The summed E-state index contributed by atoms with van der Waals surface area (Å²) < 4.78 is 30.5. The van der Waals surface area contributed by atoms with Crippen molar-refractivity contribution in [3.63, 3.8) is 0 Å². The molecule has 13 nitrogen and oxygen atoms in total. The van der Waals surface area contributed by atoms with Crippen molar-refractivity contribution in [1.82, 2.24) is 19.5 Å². The second-order valence-electron chi connectivity index (χ2n) is 9.03. The summed E-state index contributed by atoms with van der Waals surface area (Å²) in [4.78, 5) is 40.8. The van der Waals surface area contributed by atoms with E-state index in [9.17, 15) is 24.2 Å². The lowest BCUT2D eigenvalue weighted by molar-refractivity contribution is -0.0354. The Hall–Kier alpha value is -2.44. The van der Waals surface area contributed by atoms with Gasteiger partial charge in [-0.2, -0.15) is 9.97 Å². The van der Waals surface area contributed by atoms with Crippen molar-refractivity contribution in [2.45, 2.75) is 31.0 Å². The van der Waals surface area contributed by atoms with Gasteiger partial charge in [0.25, 0.3) is 0 Å². The van der Waals surface area contributed by atoms with Crippen LogP contribution in [-0.4, -0.2) is 74.8 Å². The van der Waals surface area contributed by atoms with Crippen molar-refractivity contribution >= 4 is 60.0 Å². The van der Waals surface area contributed by atoms with Gasteiger partial charge >= 0.3 is 7.60 Å². The van der Waals surface area contributed by atoms with Crippen LogP contribution in [0.4, 0.5) is 11.5 Å². The van der Waals surface area contributed by atoms with Gasteiger partial charge in [0.2, 0.25) is 12.7 Å². The van der Waals surface area contributed by atoms with Gasteiger partial charge in [-0.15, -0.1) is 0 Å². The molecule has 5 unspecified atom stereocenters. The van der Waals surface area contributed by atoms with Gasteiger partial charge in [-0.3, -0.25) is 13.7 Å². The molecule has 0 radical (unpaired) electrons. The number of hydrogen-bond donors (Lipinski definition) is 6. The second-order valence-corrected chi connectivity index (χ2v) is 14.0. The summed E-state index contributed by atoms with van der Waals surface area (Å²) in [5.41, 5.74) is 1.28. The maximum Gasteiger partial charge on any atom is 0.335 e. The van der Waals surface area contributed by atoms with Gasteiger partial charge in [0.1, 0.15) is 18.1 Å². The lowest BCUT2D eigenvalue weighted by atomic mass is 10.1. The summed E-state index contributed by atoms with van der Waals surface area (Å²) in [6.07, 6.45) is -4.56. The van der Waals surface area contributed by atoms with Crippen molar-refractivity contribution in [3.05, 3.63) is 54.1 Å². The van der Waals surface area contributed by atoms with Gasteiger partial charge < -0.3 is 34.9 Å². The number of aromatic nitrogens is 4. The molecular weight excluding hydrogens is 560 g/mol. The molecule has 0 saturated carbocycles. The summed E-state index contributed by atoms with van der Waals surface area (Å²) in [6, 6.07) is 13.5. The third kappa shape index (κ3) is 5.62. The largest absolute Gasteiger partial charge is 0.388 e. The first-order chi connectivity index (χ1) is 17.9. The molecule has 1 fully saturated rings. The number of imidazole rings is 1. The van der Waals surface area contributed by atoms with Crippen molar-refractivity contribution in [2.24, 2.45) is 0 Å². The van der Waals surface area contributed by atoms with E-state index < -0.39 is 51.6 Å². The van der Waals surface area contributed by atoms with E-state index in [2.05, 4.69) is 20.3 Å². The maximum atomic E-state index is 12.2. The molecule has 4 aromatic rings. The maximum absolute atomic E-state index is 12.2. The third-order valence-corrected chi connectivity index (χ3v) is 10.6. The first kappa shape index (κ1) is 27.1. The highest BCUT2D eigenvalue weighted by Gasteiger charge is 2.45. The number of nitrogens with one attached hydrogen (secondary N) is 1. The topological polar surface area (TPSA) is 200 Å². The van der Waals surface area contributed by atoms with E-state index in [1.54, 1.807) is 0 Å². The smallest absolute Gasteiger partial charge is 0.335 e. The van der Waals surface area contributed by atoms with Crippen LogP contribution in [-0.2, 0) is 13.9 Å². The predicted octanol–water partition coefficient (Wildman–Crippen LogP) is 2.79. The van der Waals surface area contributed by atoms with E-state index in [0.717, 1.165) is 16.5 Å². The molecule has 5 atom stereocenters. The van der Waals surface area contributed by atoms with E-state index in [1.165, 1.54) is 10.9 Å². The summed E-state index contributed by atoms with van der Waals surface area (Å²) in [5, 5.41) is 26.3. The molecule has 0 aliphatic carbocycles. The Bertz CT molecular complexity index is 1590. The number of anilines is 2. The number of aliphatic hydroxyl groups excluding tert-OH is 2. The van der Waals surface area contributed by atoms with E-state index >= 15 is 0 Å². The number of ether oxygens (including phenoxy) is 1. The highest BCUT2D eigenvalue weighted by Crippen LogP contribution is 2.55. The molecule has 202 valence electrons. The molecule has 3 heterocycles. The van der Waals surface area contributed by atoms with Gasteiger partial charge in [-0.1, -0.05) is 36.4 Å². The van der Waals surface area contributed by atoms with E-state index in [4.69, 9.17) is 26.1 Å². The molecule has 6 N–H and O–H groups in total. The van der Waals surface area contributed by atoms with Gasteiger partial charge in [-0.25, -0.2) is 4.98 Å². The zero-order valence-electron chi connectivity index (χ0n) is 19.6. The van der Waals surface area contributed by atoms with Crippen LogP contribution in [0.15, 0.2) is 48.8 Å². The van der Waals surface area contributed by atoms with Crippen LogP contribution in [0.1, 0.15) is 12.6 Å². The third-order valence-electron chi connectivity index (χ3n) is 6.22. The monoisotopic (exact) mass is 583 g/mol. The number of halogens is 1. The lowest BCUT2D eigenvalue weighted by Crippen LogP contribution is -2.32. The van der Waals surface area contributed by atoms with E-state index in [-0.39, 0.29) is 17.4 Å². The molecule has 38 heavy (non-hydrogen) atoms. The quantitative estimate of drug-likeness (QED) is 0.131. The fourth-order valence-corrected chi connectivity index (χ4v) is 8.20. The van der Waals surface area contributed by atoms with Crippen LogP contribution < -0.4 is 5.32 Å². The molecular formula is C22H24ClN5O8P2. The Morgan fingerprint density at radius 3 is 2.53 bits per heavy atom. The Morgan fingerprint density at radius 1 is 1.03 bits per heavy atom. The van der Waals surface area contributed by atoms with E-state index in [0.29, 0.717) is 11.3 Å². The number of hydrogen-bond acceptors (Lipinski definition) is 9. The standard InChI is InChI=1S/C22H24ClN5O8P2/c23-22-26-19(25-14-7-3-5-12-4-1-2-6-13(12)14)16-20(27-22)28(10-24-16)21-18(30)17(29)15(36-21)8-9-37(31,32)11-38(33,34)35/h1-7,10,15,17-18,21,29-30H,8-9,11H2,(H,31,32)(H,25,26,27)(H2,33,34,35). The predicted molar refractivity (Wildman–Crippen MR) is 140 cm³/mol. The number of rotatable bonds is 8. The Balaban J connectivity index is 1.41. The number of benzene rings is 2. The lowest BCUT2D eigenvalue weighted by Gasteiger charge is -2.18. The van der Waals surface area contributed by atoms with Crippen LogP contribution in [0.2, 0.25) is 5.28 Å². The van der Waals surface area contributed by atoms with Gasteiger partial charge in [0.05, 0.1) is 12.4 Å². The van der Waals surface area contributed by atoms with Crippen LogP contribution in [0.5, 0.6) is 0 Å². The van der Waals surface area contributed by atoms with Crippen LogP contribution in [0, 0.1) is 0 Å². The summed E-state index contributed by atoms with van der Waals surface area (Å²) in [5.74, 6) is -0.874. The highest BCUT2D eigenvalue weighted by molar-refractivity contribution is 7.72. The number of fused-ring (bicyclic) bond motifs is 2. The van der Waals surface area contributed by atoms with Gasteiger partial charge in [0, 0.05) is 17.2 Å². The molecule has 1 saturated heterocycles. The molecule has 0 bridgehead atoms. The Labute approximate surface area is 220 Å². The van der Waals surface area contributed by atoms with Crippen molar-refractivity contribution in [1.29, 1.82) is 0 Å². The normalized spacial score (nSPS) is 23.6. The zero-order chi connectivity index (χ0) is 27.2. The van der Waals surface area contributed by atoms with Crippen LogP contribution in [0.3, 0.4) is 0 Å². The fraction of sp³-hybridized carbons (Fsp3) is 0.318. The summed E-state index contributed by atoms with van der Waals surface area (Å²) in [7, 11) is -8.91. The molecule has 0 spiro atoms. The van der Waals surface area contributed by atoms with Crippen LogP contribution >= 0.6 is 26.6 Å². The van der Waals surface area contributed by atoms with Crippen molar-refractivity contribution in [2.75, 3.05) is 17.4 Å². The average Bonchev–Trinajstić information content (AvgIpc) is 3.37. The van der Waals surface area contributed by atoms with Gasteiger partial charge in [0.15, 0.2) is 23.2 Å². The van der Waals surface area contributed by atoms with Crippen LogP contribution in [0.25, 0.3) is 21.9 Å². The molecule has 16 heteroatoms.